The average molecular weight is 469 g/mol. The first kappa shape index (κ1) is 26.3. The monoisotopic (exact) mass is 468 g/mol. The number of fused-ring (bicyclic) bond motifs is 1. The Bertz CT molecular complexity index is 974. The Morgan fingerprint density at radius 2 is 1.76 bits per heavy atom. The number of rotatable bonds is 5. The van der Waals surface area contributed by atoms with Gasteiger partial charge in [-0.05, 0) is 31.4 Å². The number of methoxy groups -OCH3 is 2. The van der Waals surface area contributed by atoms with Gasteiger partial charge in [-0.25, -0.2) is 19.6 Å². The quantitative estimate of drug-likeness (QED) is 0.542. The lowest BCUT2D eigenvalue weighted by Crippen LogP contribution is -2.30. The molecule has 1 aliphatic heterocycles. The zero-order valence-electron chi connectivity index (χ0n) is 19.5. The molecule has 8 nitrogen and oxygen atoms in total. The first-order chi connectivity index (χ1) is 15.9. The second-order valence-corrected chi connectivity index (χ2v) is 6.90. The molecule has 0 bridgehead atoms. The smallest absolute Gasteiger partial charge is 0.437 e. The van der Waals surface area contributed by atoms with E-state index in [4.69, 9.17) is 9.72 Å². The van der Waals surface area contributed by atoms with E-state index in [1.807, 2.05) is 24.7 Å². The van der Waals surface area contributed by atoms with Crippen molar-refractivity contribution in [2.75, 3.05) is 38.8 Å². The van der Waals surface area contributed by atoms with Crippen LogP contribution in [0.15, 0.2) is 30.7 Å². The van der Waals surface area contributed by atoms with E-state index in [9.17, 15) is 13.2 Å². The lowest BCUT2D eigenvalue weighted by Gasteiger charge is -2.27. The normalized spacial score (nSPS) is 13.6. The van der Waals surface area contributed by atoms with Gasteiger partial charge in [-0.1, -0.05) is 13.8 Å². The molecule has 0 unspecified atom stereocenters. The van der Waals surface area contributed by atoms with Crippen LogP contribution in [-0.2, 0) is 17.5 Å². The molecule has 1 fully saturated rings. The molecular weight excluding hydrogens is 437 g/mol. The molecule has 4 rings (SSSR count). The summed E-state index contributed by atoms with van der Waals surface area (Å²) in [4.78, 5) is 14.7. The van der Waals surface area contributed by atoms with Crippen LogP contribution in [-0.4, -0.2) is 58.6 Å². The molecule has 182 valence electrons. The zero-order chi connectivity index (χ0) is 24.3. The van der Waals surface area contributed by atoms with Gasteiger partial charge in [0.1, 0.15) is 17.1 Å². The molecule has 3 aromatic heterocycles. The minimum atomic E-state index is -4.45. The minimum Gasteiger partial charge on any atom is -0.494 e. The number of anilines is 1. The molecule has 0 atom stereocenters. The van der Waals surface area contributed by atoms with Crippen molar-refractivity contribution in [3.05, 3.63) is 36.4 Å². The van der Waals surface area contributed by atoms with E-state index in [0.717, 1.165) is 36.3 Å². The van der Waals surface area contributed by atoms with Gasteiger partial charge in [0.05, 0.1) is 32.7 Å². The summed E-state index contributed by atoms with van der Waals surface area (Å²) in [5.41, 5.74) is 0.699. The van der Waals surface area contributed by atoms with Gasteiger partial charge in [-0.2, -0.15) is 18.3 Å². The van der Waals surface area contributed by atoms with Crippen molar-refractivity contribution in [1.82, 2.24) is 24.7 Å². The molecule has 0 N–H and O–H groups in total. The molecule has 0 radical (unpaired) electrons. The van der Waals surface area contributed by atoms with E-state index in [1.165, 1.54) is 38.5 Å². The Morgan fingerprint density at radius 3 is 2.36 bits per heavy atom. The van der Waals surface area contributed by atoms with Gasteiger partial charge in [-0.3, -0.25) is 0 Å². The molecule has 0 spiro atoms. The van der Waals surface area contributed by atoms with Crippen molar-refractivity contribution in [3.8, 4) is 5.75 Å². The van der Waals surface area contributed by atoms with Crippen LogP contribution >= 0.6 is 0 Å². The van der Waals surface area contributed by atoms with Crippen LogP contribution in [0.25, 0.3) is 11.2 Å². The van der Waals surface area contributed by atoms with Crippen molar-refractivity contribution in [2.45, 2.75) is 45.8 Å². The molecular formula is C22H31F3N6O2. The van der Waals surface area contributed by atoms with Crippen molar-refractivity contribution in [1.29, 1.82) is 0 Å². The zero-order valence-corrected chi connectivity index (χ0v) is 19.5. The third kappa shape index (κ3) is 7.28. The molecule has 11 heteroatoms. The summed E-state index contributed by atoms with van der Waals surface area (Å²) in [5.74, 6) is 0.705. The standard InChI is InChI=1S/C13H19N5O.C7H6F3NO.C2H6/c1-19-8-7-18-13-11(9-15-18)14-10-12(16-13)17-5-3-2-4-6-17;1-12-5-3-2-4-11-6(5)7(8,9)10;1-2/h9-10H,2-8H2,1H3;2-4H,1H3;1-2H3. The average Bonchev–Trinajstić information content (AvgIpc) is 3.26. The molecule has 0 aromatic carbocycles. The van der Waals surface area contributed by atoms with Crippen LogP contribution < -0.4 is 9.64 Å². The molecule has 0 amide bonds. The predicted molar refractivity (Wildman–Crippen MR) is 120 cm³/mol. The van der Waals surface area contributed by atoms with Crippen LogP contribution in [0.1, 0.15) is 38.8 Å². The Morgan fingerprint density at radius 1 is 1.03 bits per heavy atom. The van der Waals surface area contributed by atoms with Crippen LogP contribution in [0.2, 0.25) is 0 Å². The summed E-state index contributed by atoms with van der Waals surface area (Å²) in [7, 11) is 2.86. The number of pyridine rings is 1. The largest absolute Gasteiger partial charge is 0.494 e. The minimum absolute atomic E-state index is 0.259. The number of piperidine rings is 1. The summed E-state index contributed by atoms with van der Waals surface area (Å²) in [6.07, 6.45) is 4.04. The number of alkyl halides is 3. The highest BCUT2D eigenvalue weighted by molar-refractivity contribution is 5.71. The highest BCUT2D eigenvalue weighted by Crippen LogP contribution is 2.33. The van der Waals surface area contributed by atoms with Crippen LogP contribution in [0, 0.1) is 0 Å². The highest BCUT2D eigenvalue weighted by Gasteiger charge is 2.35. The second kappa shape index (κ2) is 12.9. The molecule has 1 aliphatic rings. The van der Waals surface area contributed by atoms with E-state index in [1.54, 1.807) is 13.3 Å². The first-order valence-corrected chi connectivity index (χ1v) is 10.9. The fraction of sp³-hybridized carbons (Fsp3) is 0.545. The van der Waals surface area contributed by atoms with E-state index in [-0.39, 0.29) is 5.75 Å². The molecule has 3 aromatic rings. The third-order valence-electron chi connectivity index (χ3n) is 4.78. The maximum Gasteiger partial charge on any atom is 0.437 e. The van der Waals surface area contributed by atoms with Crippen molar-refractivity contribution in [2.24, 2.45) is 0 Å². The summed E-state index contributed by atoms with van der Waals surface area (Å²) in [6.45, 7) is 7.49. The fourth-order valence-electron chi connectivity index (χ4n) is 3.22. The van der Waals surface area contributed by atoms with E-state index in [0.29, 0.717) is 13.2 Å². The topological polar surface area (TPSA) is 78.2 Å². The van der Waals surface area contributed by atoms with Gasteiger partial charge in [0.2, 0.25) is 0 Å². The molecule has 1 saturated heterocycles. The van der Waals surface area contributed by atoms with Crippen molar-refractivity contribution < 1.29 is 22.6 Å². The Balaban J connectivity index is 0.000000238. The van der Waals surface area contributed by atoms with Crippen LogP contribution in [0.3, 0.4) is 0 Å². The van der Waals surface area contributed by atoms with E-state index >= 15 is 0 Å². The lowest BCUT2D eigenvalue weighted by molar-refractivity contribution is -0.142. The number of hydrogen-bond donors (Lipinski definition) is 0. The maximum atomic E-state index is 12.1. The first-order valence-electron chi connectivity index (χ1n) is 10.9. The predicted octanol–water partition coefficient (Wildman–Crippen LogP) is 4.60. The van der Waals surface area contributed by atoms with E-state index < -0.39 is 11.9 Å². The lowest BCUT2D eigenvalue weighted by atomic mass is 10.1. The maximum absolute atomic E-state index is 12.1. The number of aromatic nitrogens is 5. The third-order valence-corrected chi connectivity index (χ3v) is 4.78. The summed E-state index contributed by atoms with van der Waals surface area (Å²) < 4.78 is 47.7. The Hall–Kier alpha value is -2.95. The van der Waals surface area contributed by atoms with Crippen LogP contribution in [0.4, 0.5) is 19.0 Å². The fourth-order valence-corrected chi connectivity index (χ4v) is 3.22. The van der Waals surface area contributed by atoms with Crippen molar-refractivity contribution in [3.63, 3.8) is 0 Å². The van der Waals surface area contributed by atoms with Gasteiger partial charge in [0.15, 0.2) is 11.3 Å². The summed E-state index contributed by atoms with van der Waals surface area (Å²) in [5, 5.41) is 4.31. The number of halogens is 3. The van der Waals surface area contributed by atoms with Gasteiger partial charge in [0.25, 0.3) is 0 Å². The number of nitrogens with zero attached hydrogens (tertiary/aromatic N) is 6. The van der Waals surface area contributed by atoms with Gasteiger partial charge in [0, 0.05) is 26.4 Å². The van der Waals surface area contributed by atoms with Gasteiger partial charge >= 0.3 is 6.18 Å². The van der Waals surface area contributed by atoms with Crippen molar-refractivity contribution >= 4 is 17.0 Å². The summed E-state index contributed by atoms with van der Waals surface area (Å²) >= 11 is 0. The number of ether oxygens (including phenoxy) is 2. The Kier molecular flexibility index (Phi) is 10.3. The van der Waals surface area contributed by atoms with Crippen LogP contribution in [0.5, 0.6) is 5.75 Å². The highest BCUT2D eigenvalue weighted by atomic mass is 19.4. The summed E-state index contributed by atoms with van der Waals surface area (Å²) in [6, 6.07) is 2.60. The molecule has 0 aliphatic carbocycles. The van der Waals surface area contributed by atoms with E-state index in [2.05, 4.69) is 24.7 Å². The van der Waals surface area contributed by atoms with Gasteiger partial charge < -0.3 is 14.4 Å². The SMILES string of the molecule is CC.COCCn1ncc2ncc(N3CCCCC3)nc21.COc1cccnc1C(F)(F)F. The Labute approximate surface area is 191 Å². The molecule has 0 saturated carbocycles. The number of hydrogen-bond acceptors (Lipinski definition) is 7. The second-order valence-electron chi connectivity index (χ2n) is 6.90. The van der Waals surface area contributed by atoms with Gasteiger partial charge in [-0.15, -0.1) is 0 Å². The molecule has 4 heterocycles. The molecule has 33 heavy (non-hydrogen) atoms.